The molecule has 0 fully saturated rings. The largest absolute Gasteiger partial charge is 0.497 e. The molecule has 2 aliphatic rings. The first-order valence-electron chi connectivity index (χ1n) is 11.1. The summed E-state index contributed by atoms with van der Waals surface area (Å²) in [5.74, 6) is 0.564. The van der Waals surface area contributed by atoms with E-state index in [2.05, 4.69) is 26.2 Å². The summed E-state index contributed by atoms with van der Waals surface area (Å²) in [6.07, 6.45) is 0. The molecular weight excluding hydrogens is 446 g/mol. The molecule has 2 N–H and O–H groups in total. The van der Waals surface area contributed by atoms with Gasteiger partial charge < -0.3 is 15.4 Å². The van der Waals surface area contributed by atoms with E-state index in [-0.39, 0.29) is 18.4 Å². The van der Waals surface area contributed by atoms with Crippen molar-refractivity contribution in [3.8, 4) is 17.1 Å². The van der Waals surface area contributed by atoms with E-state index in [9.17, 15) is 9.59 Å². The van der Waals surface area contributed by atoms with E-state index in [0.717, 1.165) is 16.8 Å². The van der Waals surface area contributed by atoms with Crippen molar-refractivity contribution < 1.29 is 14.3 Å². The van der Waals surface area contributed by atoms with Crippen molar-refractivity contribution in [3.63, 3.8) is 0 Å². The zero-order chi connectivity index (χ0) is 24.0. The molecule has 1 spiro atoms. The number of anilines is 2. The molecule has 0 bridgehead atoms. The first kappa shape index (κ1) is 20.8. The topological polar surface area (TPSA) is 114 Å². The number of carbonyl (C=O) groups excluding carboxylic acids is 2. The first-order valence-corrected chi connectivity index (χ1v) is 11.1. The summed E-state index contributed by atoms with van der Waals surface area (Å²) in [7, 11) is 1.59. The molecule has 3 heterocycles. The average Bonchev–Trinajstić information content (AvgIpc) is 3.48. The molecule has 3 aromatic carbocycles. The van der Waals surface area contributed by atoms with Crippen LogP contribution < -0.4 is 20.3 Å². The molecule has 2 amide bonds. The number of nitrogens with zero attached hydrogens (tertiary/aromatic N) is 5. The lowest BCUT2D eigenvalue weighted by atomic mass is 9.96. The molecule has 4 aromatic rings. The van der Waals surface area contributed by atoms with Crippen molar-refractivity contribution in [2.75, 3.05) is 23.9 Å². The predicted molar refractivity (Wildman–Crippen MR) is 128 cm³/mol. The first-order chi connectivity index (χ1) is 17.1. The van der Waals surface area contributed by atoms with Gasteiger partial charge in [0.05, 0.1) is 12.8 Å². The van der Waals surface area contributed by atoms with E-state index in [4.69, 9.17) is 4.74 Å². The van der Waals surface area contributed by atoms with E-state index < -0.39 is 5.66 Å². The molecule has 1 atom stereocenters. The maximum Gasteiger partial charge on any atom is 0.281 e. The van der Waals surface area contributed by atoms with Crippen LogP contribution in [0.5, 0.6) is 5.75 Å². The number of tetrazole rings is 1. The lowest BCUT2D eigenvalue weighted by Gasteiger charge is -2.35. The van der Waals surface area contributed by atoms with Crippen LogP contribution in [0.4, 0.5) is 11.4 Å². The van der Waals surface area contributed by atoms with Gasteiger partial charge in [-0.1, -0.05) is 42.5 Å². The minimum atomic E-state index is -1.39. The highest BCUT2D eigenvalue weighted by molar-refractivity contribution is 6.12. The quantitative estimate of drug-likeness (QED) is 0.462. The fraction of sp³-hybridized carbons (Fsp3) is 0.160. The van der Waals surface area contributed by atoms with Gasteiger partial charge in [-0.05, 0) is 46.3 Å². The number of benzene rings is 3. The van der Waals surface area contributed by atoms with E-state index in [0.29, 0.717) is 29.4 Å². The van der Waals surface area contributed by atoms with Gasteiger partial charge in [-0.25, -0.2) is 0 Å². The SMILES string of the molecule is COc1cccc(CNC(=O)CN2C(=O)C3(Nc4ccccc4-c4nnnn43)c3ccccc32)c1. The van der Waals surface area contributed by atoms with Crippen molar-refractivity contribution >= 4 is 23.2 Å². The van der Waals surface area contributed by atoms with Gasteiger partial charge >= 0.3 is 0 Å². The Hall–Kier alpha value is -4.73. The van der Waals surface area contributed by atoms with Crippen molar-refractivity contribution in [1.82, 2.24) is 25.5 Å². The van der Waals surface area contributed by atoms with Crippen LogP contribution >= 0.6 is 0 Å². The Morgan fingerprint density at radius 2 is 1.91 bits per heavy atom. The highest BCUT2D eigenvalue weighted by atomic mass is 16.5. The molecule has 174 valence electrons. The molecule has 0 saturated carbocycles. The normalized spacial score (nSPS) is 17.4. The second kappa shape index (κ2) is 7.94. The number of rotatable bonds is 5. The minimum Gasteiger partial charge on any atom is -0.497 e. The summed E-state index contributed by atoms with van der Waals surface area (Å²) in [4.78, 5) is 28.5. The third-order valence-corrected chi connectivity index (χ3v) is 6.34. The number of fused-ring (bicyclic) bond motifs is 6. The number of hydrogen-bond donors (Lipinski definition) is 2. The van der Waals surface area contributed by atoms with Gasteiger partial charge in [-0.3, -0.25) is 14.5 Å². The second-order valence-electron chi connectivity index (χ2n) is 8.33. The molecular formula is C25H21N7O3. The van der Waals surface area contributed by atoms with Gasteiger partial charge in [0.25, 0.3) is 5.91 Å². The molecule has 35 heavy (non-hydrogen) atoms. The standard InChI is InChI=1S/C25H21N7O3/c1-35-17-8-6-7-16(13-17)14-26-22(33)15-31-21-12-5-3-10-19(21)25(24(31)34)27-20-11-4-2-9-18(20)23-28-29-30-32(23)25/h2-13,27H,14-15H2,1H3,(H,26,33). The number of amides is 2. The smallest absolute Gasteiger partial charge is 0.281 e. The van der Waals surface area contributed by atoms with E-state index in [1.54, 1.807) is 7.11 Å². The summed E-state index contributed by atoms with van der Waals surface area (Å²) >= 11 is 0. The second-order valence-corrected chi connectivity index (χ2v) is 8.33. The fourth-order valence-electron chi connectivity index (χ4n) is 4.72. The summed E-state index contributed by atoms with van der Waals surface area (Å²) < 4.78 is 6.75. The summed E-state index contributed by atoms with van der Waals surface area (Å²) in [5, 5.41) is 18.5. The Labute approximate surface area is 200 Å². The Morgan fingerprint density at radius 3 is 2.80 bits per heavy atom. The molecule has 10 heteroatoms. The number of hydrogen-bond acceptors (Lipinski definition) is 7. The molecule has 1 aromatic heterocycles. The van der Waals surface area contributed by atoms with Crippen LogP contribution in [0.15, 0.2) is 72.8 Å². The Kier molecular flexibility index (Phi) is 4.73. The maximum absolute atomic E-state index is 14.1. The van der Waals surface area contributed by atoms with Crippen LogP contribution in [0.2, 0.25) is 0 Å². The minimum absolute atomic E-state index is 0.150. The van der Waals surface area contributed by atoms with Crippen LogP contribution in [-0.2, 0) is 21.8 Å². The Morgan fingerprint density at radius 1 is 1.09 bits per heavy atom. The number of carbonyl (C=O) groups is 2. The summed E-state index contributed by atoms with van der Waals surface area (Å²) in [5.41, 5.74) is 2.34. The van der Waals surface area contributed by atoms with E-state index in [1.807, 2.05) is 72.8 Å². The predicted octanol–water partition coefficient (Wildman–Crippen LogP) is 2.14. The Bertz CT molecular complexity index is 1470. The van der Waals surface area contributed by atoms with Crippen molar-refractivity contribution in [2.24, 2.45) is 0 Å². The third-order valence-electron chi connectivity index (χ3n) is 6.34. The number of aromatic nitrogens is 4. The summed E-state index contributed by atoms with van der Waals surface area (Å²) in [6, 6.07) is 22.4. The van der Waals surface area contributed by atoms with Gasteiger partial charge in [0, 0.05) is 23.4 Å². The van der Waals surface area contributed by atoms with Crippen molar-refractivity contribution in [2.45, 2.75) is 12.2 Å². The number of para-hydroxylation sites is 2. The van der Waals surface area contributed by atoms with Gasteiger partial charge in [-0.2, -0.15) is 4.68 Å². The van der Waals surface area contributed by atoms with Gasteiger partial charge in [0.15, 0.2) is 5.82 Å². The van der Waals surface area contributed by atoms with Gasteiger partial charge in [-0.15, -0.1) is 5.10 Å². The monoisotopic (exact) mass is 467 g/mol. The van der Waals surface area contributed by atoms with Gasteiger partial charge in [0.2, 0.25) is 11.6 Å². The highest BCUT2D eigenvalue weighted by Crippen LogP contribution is 2.47. The Balaban J connectivity index is 1.32. The number of ether oxygens (including phenoxy) is 1. The molecule has 2 aliphatic heterocycles. The van der Waals surface area contributed by atoms with Crippen LogP contribution in [-0.4, -0.2) is 45.7 Å². The molecule has 10 nitrogen and oxygen atoms in total. The van der Waals surface area contributed by atoms with Crippen LogP contribution in [0, 0.1) is 0 Å². The molecule has 0 saturated heterocycles. The molecule has 6 rings (SSSR count). The molecule has 1 unspecified atom stereocenters. The maximum atomic E-state index is 14.1. The summed E-state index contributed by atoms with van der Waals surface area (Å²) in [6.45, 7) is 0.163. The highest BCUT2D eigenvalue weighted by Gasteiger charge is 2.57. The van der Waals surface area contributed by atoms with Crippen LogP contribution in [0.3, 0.4) is 0 Å². The van der Waals surface area contributed by atoms with Gasteiger partial charge in [0.1, 0.15) is 12.3 Å². The molecule has 0 radical (unpaired) electrons. The van der Waals surface area contributed by atoms with Crippen LogP contribution in [0.25, 0.3) is 11.4 Å². The lowest BCUT2D eigenvalue weighted by molar-refractivity contribution is -0.126. The van der Waals surface area contributed by atoms with Crippen LogP contribution in [0.1, 0.15) is 11.1 Å². The van der Waals surface area contributed by atoms with E-state index >= 15 is 0 Å². The average molecular weight is 467 g/mol. The number of methoxy groups -OCH3 is 1. The third kappa shape index (κ3) is 3.14. The zero-order valence-electron chi connectivity index (χ0n) is 18.8. The van der Waals surface area contributed by atoms with Crippen molar-refractivity contribution in [3.05, 3.63) is 83.9 Å². The lowest BCUT2D eigenvalue weighted by Crippen LogP contribution is -2.54. The molecule has 0 aliphatic carbocycles. The number of nitrogens with one attached hydrogen (secondary N) is 2. The van der Waals surface area contributed by atoms with Crippen molar-refractivity contribution in [1.29, 1.82) is 0 Å². The fourth-order valence-corrected chi connectivity index (χ4v) is 4.72. The van der Waals surface area contributed by atoms with E-state index in [1.165, 1.54) is 9.58 Å². The zero-order valence-corrected chi connectivity index (χ0v) is 18.8.